The average Bonchev–Trinajstić information content (AvgIpc) is 2.48. The van der Waals surface area contributed by atoms with Crippen molar-refractivity contribution in [3.63, 3.8) is 0 Å². The van der Waals surface area contributed by atoms with Gasteiger partial charge in [-0.25, -0.2) is 5.10 Å². The number of nitrogens with two attached hydrogens (primary N) is 1. The second-order valence-electron chi connectivity index (χ2n) is 4.31. The van der Waals surface area contributed by atoms with E-state index in [4.69, 9.17) is 5.73 Å². The van der Waals surface area contributed by atoms with E-state index in [0.717, 1.165) is 5.56 Å². The fourth-order valence-corrected chi connectivity index (χ4v) is 1.84. The third-order valence-electron chi connectivity index (χ3n) is 2.80. The molecule has 6 nitrogen and oxygen atoms in total. The molecule has 0 atom stereocenters. The third kappa shape index (κ3) is 3.52. The lowest BCUT2D eigenvalue weighted by Crippen LogP contribution is -2.35. The zero-order chi connectivity index (χ0) is 14.4. The molecule has 2 rings (SSSR count). The smallest absolute Gasteiger partial charge is 0.274 e. The predicted octanol–water partition coefficient (Wildman–Crippen LogP) is 0.371. The first-order chi connectivity index (χ1) is 9.70. The van der Waals surface area contributed by atoms with Gasteiger partial charge in [-0.05, 0) is 11.6 Å². The van der Waals surface area contributed by atoms with E-state index in [9.17, 15) is 9.59 Å². The molecule has 1 heterocycles. The summed E-state index contributed by atoms with van der Waals surface area (Å²) in [5.74, 6) is -0.254. The van der Waals surface area contributed by atoms with E-state index < -0.39 is 0 Å². The number of benzene rings is 1. The Morgan fingerprint density at radius 2 is 1.95 bits per heavy atom. The van der Waals surface area contributed by atoms with Crippen molar-refractivity contribution in [2.75, 3.05) is 13.1 Å². The van der Waals surface area contributed by atoms with Gasteiger partial charge in [-0.2, -0.15) is 5.10 Å². The molecule has 0 spiro atoms. The van der Waals surface area contributed by atoms with Crippen molar-refractivity contribution in [1.82, 2.24) is 15.1 Å². The lowest BCUT2D eigenvalue weighted by atomic mass is 10.2. The van der Waals surface area contributed by atoms with Crippen LogP contribution in [-0.4, -0.2) is 34.1 Å². The van der Waals surface area contributed by atoms with Crippen LogP contribution in [0.5, 0.6) is 0 Å². The lowest BCUT2D eigenvalue weighted by molar-refractivity contribution is 0.0741. The van der Waals surface area contributed by atoms with Crippen molar-refractivity contribution < 1.29 is 4.79 Å². The summed E-state index contributed by atoms with van der Waals surface area (Å²) in [5.41, 5.74) is 6.43. The van der Waals surface area contributed by atoms with Crippen molar-refractivity contribution >= 4 is 5.91 Å². The number of rotatable bonds is 5. The van der Waals surface area contributed by atoms with Crippen LogP contribution in [0.15, 0.2) is 47.3 Å². The molecule has 0 saturated carbocycles. The maximum absolute atomic E-state index is 12.3. The summed E-state index contributed by atoms with van der Waals surface area (Å²) in [6, 6.07) is 12.3. The van der Waals surface area contributed by atoms with Crippen LogP contribution in [0, 0.1) is 0 Å². The van der Waals surface area contributed by atoms with E-state index in [0.29, 0.717) is 19.6 Å². The molecule has 1 aromatic heterocycles. The second-order valence-corrected chi connectivity index (χ2v) is 4.31. The van der Waals surface area contributed by atoms with Crippen LogP contribution in [0.2, 0.25) is 0 Å². The number of carbonyl (C=O) groups is 1. The molecule has 0 unspecified atom stereocenters. The predicted molar refractivity (Wildman–Crippen MR) is 75.1 cm³/mol. The highest BCUT2D eigenvalue weighted by molar-refractivity contribution is 5.92. The minimum Gasteiger partial charge on any atom is -0.332 e. The summed E-state index contributed by atoms with van der Waals surface area (Å²) in [4.78, 5) is 24.9. The Bertz CT molecular complexity index is 604. The van der Waals surface area contributed by atoms with Gasteiger partial charge in [0.2, 0.25) is 0 Å². The van der Waals surface area contributed by atoms with E-state index in [1.165, 1.54) is 12.1 Å². The van der Waals surface area contributed by atoms with Gasteiger partial charge in [-0.15, -0.1) is 0 Å². The van der Waals surface area contributed by atoms with Crippen molar-refractivity contribution in [2.45, 2.75) is 6.54 Å². The SMILES string of the molecule is NCCN(Cc1ccccc1)C(=O)c1ccc(=O)[nH]n1. The molecule has 0 aliphatic rings. The zero-order valence-electron chi connectivity index (χ0n) is 11.0. The Labute approximate surface area is 116 Å². The highest BCUT2D eigenvalue weighted by atomic mass is 16.2. The standard InChI is InChI=1S/C14H16N4O2/c15-8-9-18(10-11-4-2-1-3-5-11)14(20)12-6-7-13(19)17-16-12/h1-7H,8-10,15H2,(H,17,19). The number of nitrogens with zero attached hydrogens (tertiary/aromatic N) is 2. The molecule has 0 aliphatic carbocycles. The van der Waals surface area contributed by atoms with Gasteiger partial charge in [0.15, 0.2) is 0 Å². The van der Waals surface area contributed by atoms with Crippen molar-refractivity contribution in [3.05, 3.63) is 64.1 Å². The largest absolute Gasteiger partial charge is 0.332 e. The van der Waals surface area contributed by atoms with Crippen molar-refractivity contribution in [1.29, 1.82) is 0 Å². The molecular weight excluding hydrogens is 256 g/mol. The molecule has 1 aromatic carbocycles. The van der Waals surface area contributed by atoms with Gasteiger partial charge in [-0.1, -0.05) is 30.3 Å². The summed E-state index contributed by atoms with van der Waals surface area (Å²) < 4.78 is 0. The van der Waals surface area contributed by atoms with E-state index in [1.54, 1.807) is 4.90 Å². The molecule has 1 amide bonds. The molecule has 3 N–H and O–H groups in total. The number of H-pyrrole nitrogens is 1. The first-order valence-corrected chi connectivity index (χ1v) is 6.29. The average molecular weight is 272 g/mol. The van der Waals surface area contributed by atoms with Crippen molar-refractivity contribution in [2.24, 2.45) is 5.73 Å². The number of nitrogens with one attached hydrogen (secondary N) is 1. The summed E-state index contributed by atoms with van der Waals surface area (Å²) in [5, 5.41) is 6.01. The molecular formula is C14H16N4O2. The van der Waals surface area contributed by atoms with Gasteiger partial charge in [0, 0.05) is 25.7 Å². The maximum Gasteiger partial charge on any atom is 0.274 e. The summed E-state index contributed by atoms with van der Waals surface area (Å²) >= 11 is 0. The monoisotopic (exact) mass is 272 g/mol. The first-order valence-electron chi connectivity index (χ1n) is 6.29. The van der Waals surface area contributed by atoms with Gasteiger partial charge in [-0.3, -0.25) is 9.59 Å². The van der Waals surface area contributed by atoms with Crippen LogP contribution in [0.3, 0.4) is 0 Å². The Morgan fingerprint density at radius 3 is 2.55 bits per heavy atom. The van der Waals surface area contributed by atoms with Gasteiger partial charge in [0.1, 0.15) is 5.69 Å². The Morgan fingerprint density at radius 1 is 1.20 bits per heavy atom. The van der Waals surface area contributed by atoms with Crippen LogP contribution in [0.4, 0.5) is 0 Å². The topological polar surface area (TPSA) is 92.1 Å². The van der Waals surface area contributed by atoms with Crippen LogP contribution < -0.4 is 11.3 Å². The molecule has 104 valence electrons. The Hall–Kier alpha value is -2.47. The number of hydrogen-bond acceptors (Lipinski definition) is 4. The molecule has 0 radical (unpaired) electrons. The molecule has 0 bridgehead atoms. The van der Waals surface area contributed by atoms with E-state index in [-0.39, 0.29) is 17.2 Å². The van der Waals surface area contributed by atoms with E-state index in [1.807, 2.05) is 30.3 Å². The molecule has 20 heavy (non-hydrogen) atoms. The summed E-state index contributed by atoms with van der Waals surface area (Å²) in [6.07, 6.45) is 0. The quantitative estimate of drug-likeness (QED) is 0.822. The van der Waals surface area contributed by atoms with Gasteiger partial charge < -0.3 is 10.6 Å². The van der Waals surface area contributed by atoms with E-state index in [2.05, 4.69) is 10.2 Å². The lowest BCUT2D eigenvalue weighted by Gasteiger charge is -2.21. The minimum atomic E-state index is -0.338. The third-order valence-corrected chi connectivity index (χ3v) is 2.80. The van der Waals surface area contributed by atoms with Gasteiger partial charge >= 0.3 is 0 Å². The van der Waals surface area contributed by atoms with Gasteiger partial charge in [0.05, 0.1) is 0 Å². The zero-order valence-corrected chi connectivity index (χ0v) is 11.0. The van der Waals surface area contributed by atoms with Crippen molar-refractivity contribution in [3.8, 4) is 0 Å². The first kappa shape index (κ1) is 14.0. The fraction of sp³-hybridized carbons (Fsp3) is 0.214. The number of amides is 1. The van der Waals surface area contributed by atoms with Crippen LogP contribution >= 0.6 is 0 Å². The highest BCUT2D eigenvalue weighted by Gasteiger charge is 2.16. The number of hydrogen-bond donors (Lipinski definition) is 2. The molecule has 0 aliphatic heterocycles. The normalized spacial score (nSPS) is 10.2. The molecule has 2 aromatic rings. The Kier molecular flexibility index (Phi) is 4.62. The number of aromatic nitrogens is 2. The van der Waals surface area contributed by atoms with Crippen LogP contribution in [0.25, 0.3) is 0 Å². The summed E-state index contributed by atoms with van der Waals surface area (Å²) in [6.45, 7) is 1.24. The number of aromatic amines is 1. The number of carbonyl (C=O) groups excluding carboxylic acids is 1. The second kappa shape index (κ2) is 6.63. The molecule has 0 saturated heterocycles. The Balaban J connectivity index is 2.17. The van der Waals surface area contributed by atoms with E-state index >= 15 is 0 Å². The molecule has 0 fully saturated rings. The summed E-state index contributed by atoms with van der Waals surface area (Å²) in [7, 11) is 0. The molecule has 6 heteroatoms. The van der Waals surface area contributed by atoms with Gasteiger partial charge in [0.25, 0.3) is 11.5 Å². The fourth-order valence-electron chi connectivity index (χ4n) is 1.84. The van der Waals surface area contributed by atoms with Crippen LogP contribution in [-0.2, 0) is 6.54 Å². The van der Waals surface area contributed by atoms with Crippen LogP contribution in [0.1, 0.15) is 16.1 Å². The minimum absolute atomic E-state index is 0.203. The highest BCUT2D eigenvalue weighted by Crippen LogP contribution is 2.07. The maximum atomic E-state index is 12.3.